The highest BCUT2D eigenvalue weighted by atomic mass is 16.2. The molecule has 1 aliphatic rings. The molecule has 5 nitrogen and oxygen atoms in total. The van der Waals surface area contributed by atoms with Crippen LogP contribution in [0.4, 0.5) is 5.69 Å². The molecule has 1 amide bonds. The van der Waals surface area contributed by atoms with Crippen LogP contribution in [0.2, 0.25) is 0 Å². The van der Waals surface area contributed by atoms with Gasteiger partial charge in [-0.15, -0.1) is 0 Å². The first-order chi connectivity index (χ1) is 13.9. The highest BCUT2D eigenvalue weighted by molar-refractivity contribution is 5.97. The van der Waals surface area contributed by atoms with Crippen molar-refractivity contribution in [2.45, 2.75) is 32.7 Å². The van der Waals surface area contributed by atoms with E-state index in [-0.39, 0.29) is 22.9 Å². The molecule has 1 atom stereocenters. The Morgan fingerprint density at radius 3 is 2.69 bits per heavy atom. The molecular weight excluding hydrogens is 362 g/mol. The molecule has 2 aromatic carbocycles. The summed E-state index contributed by atoms with van der Waals surface area (Å²) in [6.07, 6.45) is 3.60. The van der Waals surface area contributed by atoms with Gasteiger partial charge in [0.25, 0.3) is 5.91 Å². The number of hydrogen-bond donors (Lipinski definition) is 1. The van der Waals surface area contributed by atoms with Crippen molar-refractivity contribution in [3.8, 4) is 0 Å². The Labute approximate surface area is 171 Å². The number of piperidine rings is 1. The van der Waals surface area contributed by atoms with Crippen LogP contribution in [0, 0.1) is 13.8 Å². The van der Waals surface area contributed by atoms with Gasteiger partial charge in [0.2, 0.25) is 5.43 Å². The topological polar surface area (TPSA) is 54.3 Å². The Kier molecular flexibility index (Phi) is 5.14. The number of benzene rings is 2. The number of carbonyl (C=O) groups excluding carboxylic acids is 1. The Hall–Kier alpha value is -3.08. The largest absolute Gasteiger partial charge is 0.381 e. The van der Waals surface area contributed by atoms with Crippen molar-refractivity contribution in [2.75, 3.05) is 18.4 Å². The Bertz CT molecular complexity index is 1130. The number of pyridine rings is 1. The summed E-state index contributed by atoms with van der Waals surface area (Å²) in [5.74, 6) is -0.178. The van der Waals surface area contributed by atoms with E-state index in [4.69, 9.17) is 0 Å². The Morgan fingerprint density at radius 2 is 1.90 bits per heavy atom. The number of para-hydroxylation sites is 1. The first-order valence-corrected chi connectivity index (χ1v) is 10.2. The molecule has 0 bridgehead atoms. The first-order valence-electron chi connectivity index (χ1n) is 10.2. The van der Waals surface area contributed by atoms with Crippen LogP contribution >= 0.6 is 0 Å². The van der Waals surface area contributed by atoms with Gasteiger partial charge in [0.05, 0.1) is 5.52 Å². The van der Waals surface area contributed by atoms with Crippen LogP contribution in [-0.2, 0) is 7.05 Å². The number of rotatable bonds is 3. The molecule has 150 valence electrons. The number of anilines is 1. The van der Waals surface area contributed by atoms with Gasteiger partial charge in [0.1, 0.15) is 5.56 Å². The van der Waals surface area contributed by atoms with Crippen LogP contribution in [0.15, 0.2) is 53.5 Å². The minimum atomic E-state index is -0.187. The molecule has 5 heteroatoms. The maximum absolute atomic E-state index is 13.2. The Balaban J connectivity index is 1.56. The van der Waals surface area contributed by atoms with Gasteiger partial charge in [-0.05, 0) is 62.1 Å². The van der Waals surface area contributed by atoms with Gasteiger partial charge in [-0.25, -0.2) is 0 Å². The zero-order valence-corrected chi connectivity index (χ0v) is 17.2. The molecule has 3 aromatic rings. The number of nitrogens with zero attached hydrogens (tertiary/aromatic N) is 2. The van der Waals surface area contributed by atoms with Crippen LogP contribution in [0.3, 0.4) is 0 Å². The lowest BCUT2D eigenvalue weighted by atomic mass is 10.0. The van der Waals surface area contributed by atoms with E-state index >= 15 is 0 Å². The maximum Gasteiger partial charge on any atom is 0.259 e. The van der Waals surface area contributed by atoms with E-state index in [1.54, 1.807) is 12.3 Å². The van der Waals surface area contributed by atoms with Gasteiger partial charge in [0.15, 0.2) is 0 Å². The molecule has 4 rings (SSSR count). The number of aryl methyl sites for hydroxylation is 3. The molecule has 0 radical (unpaired) electrons. The number of carbonyl (C=O) groups is 1. The second kappa shape index (κ2) is 7.74. The van der Waals surface area contributed by atoms with Crippen molar-refractivity contribution in [3.05, 3.63) is 75.6 Å². The van der Waals surface area contributed by atoms with Crippen molar-refractivity contribution in [2.24, 2.45) is 7.05 Å². The average Bonchev–Trinajstić information content (AvgIpc) is 2.73. The molecule has 1 unspecified atom stereocenters. The lowest BCUT2D eigenvalue weighted by Gasteiger charge is -2.34. The number of aromatic nitrogens is 1. The second-order valence-corrected chi connectivity index (χ2v) is 8.03. The first kappa shape index (κ1) is 19.2. The van der Waals surface area contributed by atoms with E-state index in [1.165, 1.54) is 11.1 Å². The minimum Gasteiger partial charge on any atom is -0.381 e. The second-order valence-electron chi connectivity index (χ2n) is 8.03. The van der Waals surface area contributed by atoms with Crippen molar-refractivity contribution < 1.29 is 4.79 Å². The third kappa shape index (κ3) is 3.77. The van der Waals surface area contributed by atoms with Gasteiger partial charge in [0, 0.05) is 43.4 Å². The third-order valence-electron chi connectivity index (χ3n) is 5.91. The highest BCUT2D eigenvalue weighted by Gasteiger charge is 2.26. The number of hydrogen-bond acceptors (Lipinski definition) is 3. The van der Waals surface area contributed by atoms with Crippen molar-refractivity contribution >= 4 is 22.5 Å². The van der Waals surface area contributed by atoms with E-state index in [2.05, 4.69) is 37.4 Å². The molecule has 0 spiro atoms. The summed E-state index contributed by atoms with van der Waals surface area (Å²) >= 11 is 0. The molecule has 1 N–H and O–H groups in total. The smallest absolute Gasteiger partial charge is 0.259 e. The zero-order valence-electron chi connectivity index (χ0n) is 17.2. The molecular formula is C24H27N3O2. The standard InChI is InChI=1S/C24H27N3O2/c1-16-10-11-18(13-17(16)2)25-19-7-6-12-27(14-19)24(29)21-15-26(3)22-9-5-4-8-20(22)23(21)28/h4-5,8-11,13,15,19,25H,6-7,12,14H2,1-3H3. The molecule has 1 aliphatic heterocycles. The molecule has 29 heavy (non-hydrogen) atoms. The monoisotopic (exact) mass is 389 g/mol. The molecule has 0 aliphatic carbocycles. The minimum absolute atomic E-state index is 0.178. The van der Waals surface area contributed by atoms with Crippen molar-refractivity contribution in [3.63, 3.8) is 0 Å². The highest BCUT2D eigenvalue weighted by Crippen LogP contribution is 2.20. The predicted octanol–water partition coefficient (Wildman–Crippen LogP) is 3.87. The average molecular weight is 389 g/mol. The van der Waals surface area contributed by atoms with E-state index in [0.717, 1.165) is 24.0 Å². The van der Waals surface area contributed by atoms with Crippen molar-refractivity contribution in [1.29, 1.82) is 0 Å². The number of nitrogens with one attached hydrogen (secondary N) is 1. The predicted molar refractivity (Wildman–Crippen MR) is 118 cm³/mol. The number of likely N-dealkylation sites (tertiary alicyclic amines) is 1. The van der Waals surface area contributed by atoms with Crippen LogP contribution in [0.25, 0.3) is 10.9 Å². The summed E-state index contributed by atoms with van der Waals surface area (Å²) in [5, 5.41) is 4.15. The maximum atomic E-state index is 13.2. The van der Waals surface area contributed by atoms with Crippen LogP contribution in [-0.4, -0.2) is 34.5 Å². The summed E-state index contributed by atoms with van der Waals surface area (Å²) in [7, 11) is 1.87. The number of fused-ring (bicyclic) bond motifs is 1. The van der Waals surface area contributed by atoms with Crippen LogP contribution in [0.1, 0.15) is 34.3 Å². The van der Waals surface area contributed by atoms with Crippen LogP contribution in [0.5, 0.6) is 0 Å². The molecule has 0 saturated carbocycles. The summed E-state index contributed by atoms with van der Waals surface area (Å²) in [4.78, 5) is 27.9. The summed E-state index contributed by atoms with van der Waals surface area (Å²) < 4.78 is 1.86. The molecule has 2 heterocycles. The van der Waals surface area contributed by atoms with E-state index in [9.17, 15) is 9.59 Å². The van der Waals surface area contributed by atoms with Gasteiger partial charge in [-0.3, -0.25) is 9.59 Å². The van der Waals surface area contributed by atoms with Gasteiger partial charge < -0.3 is 14.8 Å². The fourth-order valence-corrected chi connectivity index (χ4v) is 4.11. The van der Waals surface area contributed by atoms with Gasteiger partial charge >= 0.3 is 0 Å². The lowest BCUT2D eigenvalue weighted by molar-refractivity contribution is 0.0713. The quantitative estimate of drug-likeness (QED) is 0.740. The van der Waals surface area contributed by atoms with E-state index < -0.39 is 0 Å². The zero-order chi connectivity index (χ0) is 20.5. The summed E-state index contributed by atoms with van der Waals surface area (Å²) in [6, 6.07) is 13.9. The van der Waals surface area contributed by atoms with Crippen molar-refractivity contribution in [1.82, 2.24) is 9.47 Å². The SMILES string of the molecule is Cc1ccc(NC2CCCN(C(=O)c3cn(C)c4ccccc4c3=O)C2)cc1C. The third-order valence-corrected chi connectivity index (χ3v) is 5.91. The van der Waals surface area contributed by atoms with Gasteiger partial charge in [-0.2, -0.15) is 0 Å². The normalized spacial score (nSPS) is 16.8. The van der Waals surface area contributed by atoms with E-state index in [1.807, 2.05) is 34.7 Å². The lowest BCUT2D eigenvalue weighted by Crippen LogP contribution is -2.46. The summed E-state index contributed by atoms with van der Waals surface area (Å²) in [5.41, 5.74) is 4.49. The molecule has 1 saturated heterocycles. The Morgan fingerprint density at radius 1 is 1.10 bits per heavy atom. The fourth-order valence-electron chi connectivity index (χ4n) is 4.11. The van der Waals surface area contributed by atoms with E-state index in [0.29, 0.717) is 18.5 Å². The fraction of sp³-hybridized carbons (Fsp3) is 0.333. The van der Waals surface area contributed by atoms with Crippen LogP contribution < -0.4 is 10.7 Å². The summed E-state index contributed by atoms with van der Waals surface area (Å²) in [6.45, 7) is 5.48. The molecule has 1 aromatic heterocycles. The number of amides is 1. The molecule has 1 fully saturated rings. The van der Waals surface area contributed by atoms with Gasteiger partial charge in [-0.1, -0.05) is 18.2 Å².